The first-order valence-corrected chi connectivity index (χ1v) is 5.54. The molecule has 1 atom stereocenters. The fraction of sp³-hybridized carbons (Fsp3) is 0.167. The summed E-state index contributed by atoms with van der Waals surface area (Å²) in [5, 5.41) is 12.0. The fourth-order valence-corrected chi connectivity index (χ4v) is 2.13. The molecule has 0 spiro atoms. The summed E-state index contributed by atoms with van der Waals surface area (Å²) in [4.78, 5) is 0.958. The molecule has 15 heavy (non-hydrogen) atoms. The SMILES string of the molecule is COc1ccc([C@@H](O)c2cccs2)cc1. The van der Waals surface area contributed by atoms with Crippen molar-refractivity contribution in [1.82, 2.24) is 0 Å². The molecule has 1 heterocycles. The molecule has 3 heteroatoms. The highest BCUT2D eigenvalue weighted by Gasteiger charge is 2.10. The quantitative estimate of drug-likeness (QED) is 0.861. The van der Waals surface area contributed by atoms with Crippen molar-refractivity contribution >= 4 is 11.3 Å². The van der Waals surface area contributed by atoms with Crippen molar-refractivity contribution in [2.45, 2.75) is 6.10 Å². The van der Waals surface area contributed by atoms with Gasteiger partial charge in [-0.2, -0.15) is 0 Å². The van der Waals surface area contributed by atoms with Crippen LogP contribution in [0.4, 0.5) is 0 Å². The van der Waals surface area contributed by atoms with E-state index >= 15 is 0 Å². The highest BCUT2D eigenvalue weighted by atomic mass is 32.1. The summed E-state index contributed by atoms with van der Waals surface area (Å²) in [5.74, 6) is 0.803. The van der Waals surface area contributed by atoms with Crippen LogP contribution >= 0.6 is 11.3 Å². The van der Waals surface area contributed by atoms with Gasteiger partial charge in [0.25, 0.3) is 0 Å². The van der Waals surface area contributed by atoms with Crippen LogP contribution in [0.2, 0.25) is 0 Å². The Morgan fingerprint density at radius 3 is 2.47 bits per heavy atom. The summed E-state index contributed by atoms with van der Waals surface area (Å²) < 4.78 is 5.06. The zero-order valence-electron chi connectivity index (χ0n) is 8.38. The third-order valence-electron chi connectivity index (χ3n) is 2.24. The van der Waals surface area contributed by atoms with Crippen LogP contribution in [0.1, 0.15) is 16.5 Å². The van der Waals surface area contributed by atoms with Gasteiger partial charge in [0, 0.05) is 4.88 Å². The van der Waals surface area contributed by atoms with E-state index in [2.05, 4.69) is 0 Å². The highest BCUT2D eigenvalue weighted by molar-refractivity contribution is 7.10. The molecule has 0 saturated carbocycles. The average molecular weight is 220 g/mol. The number of hydrogen-bond acceptors (Lipinski definition) is 3. The predicted molar refractivity (Wildman–Crippen MR) is 61.4 cm³/mol. The van der Waals surface area contributed by atoms with E-state index in [1.165, 1.54) is 0 Å². The maximum atomic E-state index is 10.0. The van der Waals surface area contributed by atoms with Gasteiger partial charge in [-0.1, -0.05) is 18.2 Å². The second kappa shape index (κ2) is 4.47. The average Bonchev–Trinajstić information content (AvgIpc) is 2.82. The minimum atomic E-state index is -0.532. The molecule has 0 bridgehead atoms. The molecule has 78 valence electrons. The van der Waals surface area contributed by atoms with E-state index in [0.29, 0.717) is 0 Å². The Labute approximate surface area is 92.8 Å². The zero-order chi connectivity index (χ0) is 10.7. The van der Waals surface area contributed by atoms with Crippen LogP contribution in [-0.2, 0) is 0 Å². The lowest BCUT2D eigenvalue weighted by atomic mass is 10.1. The first-order valence-electron chi connectivity index (χ1n) is 4.66. The van der Waals surface area contributed by atoms with Crippen LogP contribution in [0.15, 0.2) is 41.8 Å². The number of benzene rings is 1. The molecule has 0 unspecified atom stereocenters. The molecule has 2 aromatic rings. The number of rotatable bonds is 3. The molecule has 1 N–H and O–H groups in total. The Morgan fingerprint density at radius 1 is 1.20 bits per heavy atom. The Balaban J connectivity index is 2.22. The van der Waals surface area contributed by atoms with E-state index < -0.39 is 6.10 Å². The Morgan fingerprint density at radius 2 is 1.93 bits per heavy atom. The predicted octanol–water partition coefficient (Wildman–Crippen LogP) is 2.84. The summed E-state index contributed by atoms with van der Waals surface area (Å²) >= 11 is 1.55. The van der Waals surface area contributed by atoms with E-state index in [4.69, 9.17) is 4.74 Å². The standard InChI is InChI=1S/C12H12O2S/c1-14-10-6-4-9(5-7-10)12(13)11-3-2-8-15-11/h2-8,12-13H,1H3/t12-/m1/s1. The number of aliphatic hydroxyl groups excluding tert-OH is 1. The van der Waals surface area contributed by atoms with E-state index in [0.717, 1.165) is 16.2 Å². The van der Waals surface area contributed by atoms with Gasteiger partial charge in [0.05, 0.1) is 7.11 Å². The van der Waals surface area contributed by atoms with Crippen LogP contribution in [0.3, 0.4) is 0 Å². The lowest BCUT2D eigenvalue weighted by Crippen LogP contribution is -1.96. The van der Waals surface area contributed by atoms with Gasteiger partial charge in [0.2, 0.25) is 0 Å². The maximum absolute atomic E-state index is 10.0. The highest BCUT2D eigenvalue weighted by Crippen LogP contribution is 2.26. The monoisotopic (exact) mass is 220 g/mol. The third kappa shape index (κ3) is 2.19. The van der Waals surface area contributed by atoms with E-state index in [-0.39, 0.29) is 0 Å². The summed E-state index contributed by atoms with van der Waals surface area (Å²) in [6.45, 7) is 0. The second-order valence-electron chi connectivity index (χ2n) is 3.19. The molecule has 0 aliphatic heterocycles. The van der Waals surface area contributed by atoms with E-state index in [1.54, 1.807) is 18.4 Å². The first-order chi connectivity index (χ1) is 7.31. The zero-order valence-corrected chi connectivity index (χ0v) is 9.20. The molecule has 0 saturated heterocycles. The molecule has 0 aliphatic rings. The molecule has 0 aliphatic carbocycles. The van der Waals surface area contributed by atoms with Crippen molar-refractivity contribution < 1.29 is 9.84 Å². The van der Waals surface area contributed by atoms with E-state index in [9.17, 15) is 5.11 Å². The number of ether oxygens (including phenoxy) is 1. The van der Waals surface area contributed by atoms with Crippen LogP contribution in [0, 0.1) is 0 Å². The molecule has 1 aromatic carbocycles. The molecular formula is C12H12O2S. The molecule has 1 aromatic heterocycles. The van der Waals surface area contributed by atoms with Crippen molar-refractivity contribution in [3.8, 4) is 5.75 Å². The van der Waals surface area contributed by atoms with Crippen LogP contribution in [0.5, 0.6) is 5.75 Å². The third-order valence-corrected chi connectivity index (χ3v) is 3.17. The van der Waals surface area contributed by atoms with Crippen molar-refractivity contribution in [3.05, 3.63) is 52.2 Å². The smallest absolute Gasteiger partial charge is 0.118 e. The molecule has 0 radical (unpaired) electrons. The van der Waals surface area contributed by atoms with Crippen molar-refractivity contribution in [2.24, 2.45) is 0 Å². The number of thiophene rings is 1. The maximum Gasteiger partial charge on any atom is 0.118 e. The summed E-state index contributed by atoms with van der Waals surface area (Å²) in [7, 11) is 1.63. The van der Waals surface area contributed by atoms with Gasteiger partial charge in [-0.25, -0.2) is 0 Å². The summed E-state index contributed by atoms with van der Waals surface area (Å²) in [5.41, 5.74) is 0.887. The fourth-order valence-electron chi connectivity index (χ4n) is 1.40. The van der Waals surface area contributed by atoms with Gasteiger partial charge in [-0.05, 0) is 29.1 Å². The minimum Gasteiger partial charge on any atom is -0.497 e. The van der Waals surface area contributed by atoms with Crippen LogP contribution in [0.25, 0.3) is 0 Å². The van der Waals surface area contributed by atoms with Crippen LogP contribution in [-0.4, -0.2) is 12.2 Å². The Bertz CT molecular complexity index is 406. The van der Waals surface area contributed by atoms with Gasteiger partial charge in [-0.15, -0.1) is 11.3 Å². The Hall–Kier alpha value is -1.32. The topological polar surface area (TPSA) is 29.5 Å². The lowest BCUT2D eigenvalue weighted by Gasteiger charge is -2.09. The molecule has 2 nitrogen and oxygen atoms in total. The van der Waals surface area contributed by atoms with Gasteiger partial charge in [0.1, 0.15) is 11.9 Å². The first kappa shape index (κ1) is 10.2. The molecule has 2 rings (SSSR count). The van der Waals surface area contributed by atoms with Crippen molar-refractivity contribution in [1.29, 1.82) is 0 Å². The van der Waals surface area contributed by atoms with Crippen molar-refractivity contribution in [2.75, 3.05) is 7.11 Å². The van der Waals surface area contributed by atoms with Gasteiger partial charge < -0.3 is 9.84 Å². The normalized spacial score (nSPS) is 12.4. The van der Waals surface area contributed by atoms with Gasteiger partial charge in [-0.3, -0.25) is 0 Å². The second-order valence-corrected chi connectivity index (χ2v) is 4.17. The number of aliphatic hydroxyl groups is 1. The summed E-state index contributed by atoms with van der Waals surface area (Å²) in [6, 6.07) is 11.3. The summed E-state index contributed by atoms with van der Waals surface area (Å²) in [6.07, 6.45) is -0.532. The lowest BCUT2D eigenvalue weighted by molar-refractivity contribution is 0.224. The number of hydrogen-bond donors (Lipinski definition) is 1. The Kier molecular flexibility index (Phi) is 3.04. The van der Waals surface area contributed by atoms with E-state index in [1.807, 2.05) is 41.8 Å². The number of methoxy groups -OCH3 is 1. The van der Waals surface area contributed by atoms with Gasteiger partial charge in [0.15, 0.2) is 0 Å². The minimum absolute atomic E-state index is 0.532. The largest absolute Gasteiger partial charge is 0.497 e. The van der Waals surface area contributed by atoms with Crippen molar-refractivity contribution in [3.63, 3.8) is 0 Å². The molecule has 0 amide bonds. The van der Waals surface area contributed by atoms with Crippen LogP contribution < -0.4 is 4.74 Å². The van der Waals surface area contributed by atoms with Gasteiger partial charge >= 0.3 is 0 Å². The molecular weight excluding hydrogens is 208 g/mol. The molecule has 0 fully saturated rings.